The molecule has 1 aliphatic heterocycles. The molecule has 3 rings (SSSR count). The van der Waals surface area contributed by atoms with Gasteiger partial charge in [0.25, 0.3) is 5.91 Å². The summed E-state index contributed by atoms with van der Waals surface area (Å²) in [6.07, 6.45) is 0. The molecule has 5 N–H and O–H groups in total. The Morgan fingerprint density at radius 1 is 1.04 bits per heavy atom. The van der Waals surface area contributed by atoms with E-state index < -0.39 is 33.5 Å². The van der Waals surface area contributed by atoms with E-state index in [1.165, 1.54) is 38.1 Å². The first kappa shape index (κ1) is 19.6. The van der Waals surface area contributed by atoms with Gasteiger partial charge in [-0.15, -0.1) is 0 Å². The Morgan fingerprint density at radius 2 is 1.57 bits per heavy atom. The van der Waals surface area contributed by atoms with Crippen molar-refractivity contribution >= 4 is 27.6 Å². The van der Waals surface area contributed by atoms with Crippen molar-refractivity contribution in [2.24, 2.45) is 0 Å². The quantitative estimate of drug-likeness (QED) is 0.423. The van der Waals surface area contributed by atoms with Crippen LogP contribution in [0.15, 0.2) is 53.4 Å². The van der Waals surface area contributed by atoms with Crippen LogP contribution < -0.4 is 25.8 Å². The minimum atomic E-state index is -3.92. The third-order valence-corrected chi connectivity index (χ3v) is 6.08. The molecule has 0 bridgehead atoms. The van der Waals surface area contributed by atoms with Crippen molar-refractivity contribution in [1.82, 2.24) is 15.4 Å². The molecule has 3 amide bonds. The molecule has 0 spiro atoms. The van der Waals surface area contributed by atoms with Crippen molar-refractivity contribution in [1.29, 1.82) is 0 Å². The summed E-state index contributed by atoms with van der Waals surface area (Å²) in [6, 6.07) is 11.0. The van der Waals surface area contributed by atoms with E-state index in [9.17, 15) is 18.0 Å². The minimum Gasteiger partial charge on any atom is -0.457 e. The van der Waals surface area contributed by atoms with E-state index in [0.29, 0.717) is 17.2 Å². The highest BCUT2D eigenvalue weighted by Crippen LogP contribution is 2.24. The normalized spacial score (nSPS) is 20.4. The van der Waals surface area contributed by atoms with Crippen LogP contribution in [0.1, 0.15) is 13.8 Å². The molecule has 1 fully saturated rings. The van der Waals surface area contributed by atoms with E-state index >= 15 is 0 Å². The highest BCUT2D eigenvalue weighted by atomic mass is 32.2. The molecule has 0 unspecified atom stereocenters. The highest BCUT2D eigenvalue weighted by molar-refractivity contribution is 7.89. The summed E-state index contributed by atoms with van der Waals surface area (Å²) in [7, 11) is -3.92. The van der Waals surface area contributed by atoms with Gasteiger partial charge in [0.15, 0.2) is 0 Å². The second-order valence-corrected chi connectivity index (χ2v) is 8.31. The van der Waals surface area contributed by atoms with Crippen LogP contribution >= 0.6 is 0 Å². The molecule has 28 heavy (non-hydrogen) atoms. The third kappa shape index (κ3) is 3.92. The number of benzene rings is 2. The Morgan fingerprint density at radius 3 is 2.07 bits per heavy atom. The molecule has 0 radical (unpaired) electrons. The summed E-state index contributed by atoms with van der Waals surface area (Å²) in [5, 5.41) is 4.54. The zero-order valence-corrected chi connectivity index (χ0v) is 16.0. The number of hydrogen-bond donors (Lipinski definition) is 4. The fourth-order valence-electron chi connectivity index (χ4n) is 2.64. The van der Waals surface area contributed by atoms with Gasteiger partial charge in [0, 0.05) is 5.69 Å². The number of carbonyl (C=O) groups excluding carboxylic acids is 2. The molecule has 10 heteroatoms. The molecule has 1 heterocycles. The number of hydrogen-bond acceptors (Lipinski definition) is 6. The Hall–Kier alpha value is -3.11. The Balaban J connectivity index is 1.72. The summed E-state index contributed by atoms with van der Waals surface area (Å²) < 4.78 is 33.3. The van der Waals surface area contributed by atoms with Gasteiger partial charge >= 0.3 is 6.03 Å². The van der Waals surface area contributed by atoms with E-state index in [1.807, 2.05) is 0 Å². The SMILES string of the molecule is C[C@@H](NS(=O)(=O)c1ccc(Oc2ccc(N)cc2)cc1)[C@]1(C)NC(=O)NC1=O. The molecular weight excluding hydrogens is 384 g/mol. The van der Waals surface area contributed by atoms with Crippen molar-refractivity contribution in [3.63, 3.8) is 0 Å². The maximum Gasteiger partial charge on any atom is 0.322 e. The van der Waals surface area contributed by atoms with Crippen LogP contribution in [0.2, 0.25) is 0 Å². The van der Waals surface area contributed by atoms with Gasteiger partial charge in [-0.3, -0.25) is 10.1 Å². The van der Waals surface area contributed by atoms with Crippen LogP contribution in [0.25, 0.3) is 0 Å². The third-order valence-electron chi connectivity index (χ3n) is 4.52. The number of nitrogens with one attached hydrogen (secondary N) is 3. The van der Waals surface area contributed by atoms with Crippen molar-refractivity contribution in [3.05, 3.63) is 48.5 Å². The molecule has 9 nitrogen and oxygen atoms in total. The number of anilines is 1. The first-order valence-corrected chi connectivity index (χ1v) is 9.88. The fraction of sp³-hybridized carbons (Fsp3) is 0.222. The van der Waals surface area contributed by atoms with Crippen LogP contribution in [0.3, 0.4) is 0 Å². The second kappa shape index (κ2) is 7.13. The van der Waals surface area contributed by atoms with Crippen molar-refractivity contribution < 1.29 is 22.7 Å². The monoisotopic (exact) mass is 404 g/mol. The molecule has 2 aromatic carbocycles. The molecule has 1 saturated heterocycles. The lowest BCUT2D eigenvalue weighted by atomic mass is 9.95. The van der Waals surface area contributed by atoms with E-state index in [0.717, 1.165) is 0 Å². The number of amides is 3. The number of urea groups is 1. The molecule has 0 aliphatic carbocycles. The molecule has 0 aromatic heterocycles. The van der Waals surface area contributed by atoms with Crippen LogP contribution in [0, 0.1) is 0 Å². The number of sulfonamides is 1. The highest BCUT2D eigenvalue weighted by Gasteiger charge is 2.47. The van der Waals surface area contributed by atoms with Crippen LogP contribution in [-0.2, 0) is 14.8 Å². The predicted molar refractivity (Wildman–Crippen MR) is 102 cm³/mol. The summed E-state index contributed by atoms with van der Waals surface area (Å²) in [5.41, 5.74) is 4.84. The van der Waals surface area contributed by atoms with Crippen molar-refractivity contribution in [3.8, 4) is 11.5 Å². The van der Waals surface area contributed by atoms with Crippen LogP contribution in [0.4, 0.5) is 10.5 Å². The van der Waals surface area contributed by atoms with Crippen molar-refractivity contribution in [2.75, 3.05) is 5.73 Å². The van der Waals surface area contributed by atoms with Gasteiger partial charge in [0.05, 0.1) is 10.9 Å². The lowest BCUT2D eigenvalue weighted by Crippen LogP contribution is -2.59. The molecule has 148 valence electrons. The zero-order valence-electron chi connectivity index (χ0n) is 15.2. The maximum atomic E-state index is 12.6. The van der Waals surface area contributed by atoms with Crippen LogP contribution in [-0.4, -0.2) is 31.9 Å². The summed E-state index contributed by atoms with van der Waals surface area (Å²) >= 11 is 0. The fourth-order valence-corrected chi connectivity index (χ4v) is 3.97. The average Bonchev–Trinajstić information content (AvgIpc) is 2.90. The number of carbonyl (C=O) groups is 2. The standard InChI is InChI=1S/C18H20N4O5S/c1-11(18(2)16(23)20-17(24)21-18)22-28(25,26)15-9-7-14(8-10-15)27-13-5-3-12(19)4-6-13/h3-11,22H,19H2,1-2H3,(H2,20,21,23,24)/t11-,18+/m1/s1. The maximum absolute atomic E-state index is 12.6. The zero-order chi connectivity index (χ0) is 20.5. The van der Waals surface area contributed by atoms with Crippen molar-refractivity contribution in [2.45, 2.75) is 30.3 Å². The molecular formula is C18H20N4O5S. The van der Waals surface area contributed by atoms with Gasteiger partial charge in [-0.05, 0) is 62.4 Å². The van der Waals surface area contributed by atoms with E-state index in [4.69, 9.17) is 10.5 Å². The van der Waals surface area contributed by atoms with Gasteiger partial charge in [-0.25, -0.2) is 17.9 Å². The summed E-state index contributed by atoms with van der Waals surface area (Å²) in [6.45, 7) is 2.95. The number of ether oxygens (including phenoxy) is 1. The van der Waals surface area contributed by atoms with E-state index in [1.54, 1.807) is 24.3 Å². The number of imide groups is 1. The topological polar surface area (TPSA) is 140 Å². The summed E-state index contributed by atoms with van der Waals surface area (Å²) in [5.74, 6) is 0.415. The number of rotatable bonds is 6. The summed E-state index contributed by atoms with van der Waals surface area (Å²) in [4.78, 5) is 23.3. The number of nitrogens with two attached hydrogens (primary N) is 1. The lowest BCUT2D eigenvalue weighted by molar-refractivity contribution is -0.124. The lowest BCUT2D eigenvalue weighted by Gasteiger charge is -2.28. The first-order chi connectivity index (χ1) is 13.1. The largest absolute Gasteiger partial charge is 0.457 e. The van der Waals surface area contributed by atoms with Crippen LogP contribution in [0.5, 0.6) is 11.5 Å². The second-order valence-electron chi connectivity index (χ2n) is 6.60. The van der Waals surface area contributed by atoms with Gasteiger partial charge in [-0.1, -0.05) is 0 Å². The van der Waals surface area contributed by atoms with E-state index in [-0.39, 0.29) is 4.90 Å². The predicted octanol–water partition coefficient (Wildman–Crippen LogP) is 1.33. The minimum absolute atomic E-state index is 0.00247. The van der Waals surface area contributed by atoms with Gasteiger partial charge in [0.2, 0.25) is 10.0 Å². The molecule has 2 atom stereocenters. The molecule has 2 aromatic rings. The van der Waals surface area contributed by atoms with E-state index in [2.05, 4.69) is 15.4 Å². The molecule has 1 aliphatic rings. The number of nitrogen functional groups attached to an aromatic ring is 1. The Bertz CT molecular complexity index is 1010. The van der Waals surface area contributed by atoms with Gasteiger partial charge in [0.1, 0.15) is 17.0 Å². The smallest absolute Gasteiger partial charge is 0.322 e. The first-order valence-electron chi connectivity index (χ1n) is 8.39. The average molecular weight is 404 g/mol. The van der Waals surface area contributed by atoms with Gasteiger partial charge < -0.3 is 15.8 Å². The molecule has 0 saturated carbocycles. The Kier molecular flexibility index (Phi) is 5.01. The Labute approximate surface area is 162 Å². The van der Waals surface area contributed by atoms with Gasteiger partial charge in [-0.2, -0.15) is 0 Å².